The maximum absolute atomic E-state index is 11.6. The lowest BCUT2D eigenvalue weighted by Crippen LogP contribution is -2.24. The number of carboxylic acid groups (broad SMARTS) is 1. The summed E-state index contributed by atoms with van der Waals surface area (Å²) in [6, 6.07) is 4.18. The van der Waals surface area contributed by atoms with Crippen LogP contribution in [0.2, 0.25) is 0 Å². The molecule has 1 aromatic rings. The molecule has 1 rings (SSSR count). The number of rotatable bonds is 5. The van der Waals surface area contributed by atoms with E-state index in [-0.39, 0.29) is 11.3 Å². The van der Waals surface area contributed by atoms with Crippen LogP contribution in [0.5, 0.6) is 0 Å². The molecule has 2 N–H and O–H groups in total. The molecule has 0 heterocycles. The van der Waals surface area contributed by atoms with E-state index in [1.807, 2.05) is 27.3 Å². The Labute approximate surface area is 123 Å². The second-order valence-electron chi connectivity index (χ2n) is 3.43. The van der Waals surface area contributed by atoms with Crippen molar-refractivity contribution in [3.63, 3.8) is 0 Å². The number of hydrogen-bond donors (Lipinski definition) is 2. The van der Waals surface area contributed by atoms with Crippen LogP contribution in [0.15, 0.2) is 18.2 Å². The predicted molar refractivity (Wildman–Crippen MR) is 75.5 cm³/mol. The van der Waals surface area contributed by atoms with Crippen molar-refractivity contribution >= 4 is 50.2 Å². The van der Waals surface area contributed by atoms with Crippen LogP contribution in [-0.4, -0.2) is 38.3 Å². The summed E-state index contributed by atoms with van der Waals surface area (Å²) in [6.45, 7) is 0. The van der Waals surface area contributed by atoms with E-state index in [9.17, 15) is 18.0 Å². The third-order valence-electron chi connectivity index (χ3n) is 2.01. The Kier molecular flexibility index (Phi) is 5.11. The molecule has 9 heteroatoms. The molecule has 0 spiro atoms. The standard InChI is InChI=1S/C10H10INO6S/c1-18-9(13)5-19(16,17)12-8-3-2-6(11)4-7(8)10(14)15/h2-4,12H,5H2,1H3,(H,14,15). The van der Waals surface area contributed by atoms with Gasteiger partial charge in [0.25, 0.3) is 0 Å². The topological polar surface area (TPSA) is 110 Å². The highest BCUT2D eigenvalue weighted by Gasteiger charge is 2.20. The van der Waals surface area contributed by atoms with Gasteiger partial charge in [0.05, 0.1) is 18.4 Å². The van der Waals surface area contributed by atoms with Crippen LogP contribution in [0.3, 0.4) is 0 Å². The molecule has 0 aliphatic heterocycles. The summed E-state index contributed by atoms with van der Waals surface area (Å²) in [5.41, 5.74) is -0.294. The van der Waals surface area contributed by atoms with Crippen LogP contribution in [0.1, 0.15) is 10.4 Å². The lowest BCUT2D eigenvalue weighted by molar-refractivity contribution is -0.137. The van der Waals surface area contributed by atoms with Gasteiger partial charge in [-0.15, -0.1) is 0 Å². The predicted octanol–water partition coefficient (Wildman–Crippen LogP) is 0.904. The quantitative estimate of drug-likeness (QED) is 0.563. The number of carbonyl (C=O) groups is 2. The summed E-state index contributed by atoms with van der Waals surface area (Å²) < 4.78 is 30.2. The molecule has 0 radical (unpaired) electrons. The highest BCUT2D eigenvalue weighted by Crippen LogP contribution is 2.20. The van der Waals surface area contributed by atoms with Crippen LogP contribution in [0.4, 0.5) is 5.69 Å². The number of benzene rings is 1. The number of methoxy groups -OCH3 is 1. The van der Waals surface area contributed by atoms with Crippen molar-refractivity contribution in [3.8, 4) is 0 Å². The maximum atomic E-state index is 11.6. The third kappa shape index (κ3) is 4.67. The van der Waals surface area contributed by atoms with E-state index in [0.29, 0.717) is 3.57 Å². The Morgan fingerprint density at radius 1 is 1.42 bits per heavy atom. The number of halogens is 1. The number of sulfonamides is 1. The van der Waals surface area contributed by atoms with Crippen molar-refractivity contribution in [2.45, 2.75) is 0 Å². The summed E-state index contributed by atoms with van der Waals surface area (Å²) in [7, 11) is -2.94. The SMILES string of the molecule is COC(=O)CS(=O)(=O)Nc1ccc(I)cc1C(=O)O. The lowest BCUT2D eigenvalue weighted by Gasteiger charge is -2.10. The third-order valence-corrected chi connectivity index (χ3v) is 3.83. The molecular weight excluding hydrogens is 389 g/mol. The average molecular weight is 399 g/mol. The van der Waals surface area contributed by atoms with Gasteiger partial charge in [-0.05, 0) is 40.8 Å². The molecule has 7 nitrogen and oxygen atoms in total. The summed E-state index contributed by atoms with van der Waals surface area (Å²) in [6.07, 6.45) is 0. The highest BCUT2D eigenvalue weighted by molar-refractivity contribution is 14.1. The molecule has 104 valence electrons. The molecule has 0 amide bonds. The number of aromatic carboxylic acids is 1. The first-order chi connectivity index (χ1) is 8.75. The van der Waals surface area contributed by atoms with Crippen molar-refractivity contribution in [3.05, 3.63) is 27.3 Å². The van der Waals surface area contributed by atoms with Gasteiger partial charge in [0.15, 0.2) is 5.75 Å². The smallest absolute Gasteiger partial charge is 0.337 e. The van der Waals surface area contributed by atoms with Crippen molar-refractivity contribution in [1.29, 1.82) is 0 Å². The molecule has 1 aromatic carbocycles. The molecule has 0 fully saturated rings. The number of esters is 1. The molecule has 0 unspecified atom stereocenters. The molecule has 0 aliphatic rings. The van der Waals surface area contributed by atoms with Gasteiger partial charge >= 0.3 is 11.9 Å². The summed E-state index contributed by atoms with van der Waals surface area (Å²) >= 11 is 1.90. The van der Waals surface area contributed by atoms with Crippen LogP contribution < -0.4 is 4.72 Å². The second-order valence-corrected chi connectivity index (χ2v) is 6.40. The van der Waals surface area contributed by atoms with E-state index in [2.05, 4.69) is 4.74 Å². The Morgan fingerprint density at radius 3 is 2.58 bits per heavy atom. The number of anilines is 1. The van der Waals surface area contributed by atoms with Crippen LogP contribution in [0.25, 0.3) is 0 Å². The minimum absolute atomic E-state index is 0.100. The molecule has 19 heavy (non-hydrogen) atoms. The number of carbonyl (C=O) groups excluding carboxylic acids is 1. The van der Waals surface area contributed by atoms with Crippen LogP contribution in [-0.2, 0) is 19.6 Å². The fourth-order valence-electron chi connectivity index (χ4n) is 1.20. The lowest BCUT2D eigenvalue weighted by atomic mass is 10.2. The summed E-state index contributed by atoms with van der Waals surface area (Å²) in [5, 5.41) is 8.99. The van der Waals surface area contributed by atoms with Crippen molar-refractivity contribution in [2.24, 2.45) is 0 Å². The first-order valence-electron chi connectivity index (χ1n) is 4.85. The second kappa shape index (κ2) is 6.19. The Hall–Kier alpha value is -1.36. The van der Waals surface area contributed by atoms with Gasteiger partial charge in [0, 0.05) is 3.57 Å². The zero-order chi connectivity index (χ0) is 14.6. The first kappa shape index (κ1) is 15.7. The van der Waals surface area contributed by atoms with Crippen LogP contribution in [0, 0.1) is 3.57 Å². The van der Waals surface area contributed by atoms with E-state index in [1.165, 1.54) is 12.1 Å². The van der Waals surface area contributed by atoms with Gasteiger partial charge in [-0.1, -0.05) is 0 Å². The van der Waals surface area contributed by atoms with E-state index in [0.717, 1.165) is 7.11 Å². The van der Waals surface area contributed by atoms with Gasteiger partial charge < -0.3 is 9.84 Å². The molecule has 0 saturated carbocycles. The fraction of sp³-hybridized carbons (Fsp3) is 0.200. The monoisotopic (exact) mass is 399 g/mol. The molecule has 0 atom stereocenters. The highest BCUT2D eigenvalue weighted by atomic mass is 127. The van der Waals surface area contributed by atoms with E-state index >= 15 is 0 Å². The Balaban J connectivity index is 3.06. The largest absolute Gasteiger partial charge is 0.478 e. The van der Waals surface area contributed by atoms with Crippen LogP contribution >= 0.6 is 22.6 Å². The Morgan fingerprint density at radius 2 is 2.05 bits per heavy atom. The number of nitrogens with one attached hydrogen (secondary N) is 1. The van der Waals surface area contributed by atoms with Gasteiger partial charge in [-0.2, -0.15) is 0 Å². The maximum Gasteiger partial charge on any atom is 0.337 e. The first-order valence-corrected chi connectivity index (χ1v) is 7.58. The van der Waals surface area contributed by atoms with E-state index < -0.39 is 27.7 Å². The van der Waals surface area contributed by atoms with Crippen molar-refractivity contribution in [1.82, 2.24) is 0 Å². The van der Waals surface area contributed by atoms with E-state index in [4.69, 9.17) is 5.11 Å². The fourth-order valence-corrected chi connectivity index (χ4v) is 2.70. The number of hydrogen-bond acceptors (Lipinski definition) is 5. The zero-order valence-electron chi connectivity index (χ0n) is 9.71. The van der Waals surface area contributed by atoms with Gasteiger partial charge in [-0.25, -0.2) is 13.2 Å². The van der Waals surface area contributed by atoms with Crippen molar-refractivity contribution in [2.75, 3.05) is 17.6 Å². The minimum Gasteiger partial charge on any atom is -0.478 e. The van der Waals surface area contributed by atoms with Gasteiger partial charge in [0.1, 0.15) is 0 Å². The normalized spacial score (nSPS) is 10.8. The molecule has 0 aliphatic carbocycles. The average Bonchev–Trinajstić information content (AvgIpc) is 2.30. The molecule has 0 saturated heterocycles. The zero-order valence-corrected chi connectivity index (χ0v) is 12.7. The minimum atomic E-state index is -4.01. The number of ether oxygens (including phenoxy) is 1. The molecular formula is C10H10INO6S. The van der Waals surface area contributed by atoms with Gasteiger partial charge in [0.2, 0.25) is 10.0 Å². The molecule has 0 aromatic heterocycles. The summed E-state index contributed by atoms with van der Waals surface area (Å²) in [5.74, 6) is -3.08. The molecule has 0 bridgehead atoms. The Bertz CT molecular complexity index is 612. The van der Waals surface area contributed by atoms with E-state index in [1.54, 1.807) is 6.07 Å². The van der Waals surface area contributed by atoms with Crippen molar-refractivity contribution < 1.29 is 27.9 Å². The van der Waals surface area contributed by atoms with Gasteiger partial charge in [-0.3, -0.25) is 9.52 Å². The number of carboxylic acids is 1. The summed E-state index contributed by atoms with van der Waals surface area (Å²) in [4.78, 5) is 21.9.